The van der Waals surface area contributed by atoms with Crippen molar-refractivity contribution in [3.05, 3.63) is 71.8 Å². The third-order valence-corrected chi connectivity index (χ3v) is 4.16. The fourth-order valence-corrected chi connectivity index (χ4v) is 3.07. The summed E-state index contributed by atoms with van der Waals surface area (Å²) in [5, 5.41) is 0. The van der Waals surface area contributed by atoms with Crippen molar-refractivity contribution < 1.29 is 9.78 Å². The van der Waals surface area contributed by atoms with Gasteiger partial charge in [0.2, 0.25) is 0 Å². The van der Waals surface area contributed by atoms with Crippen molar-refractivity contribution in [2.45, 2.75) is 59.2 Å². The average Bonchev–Trinajstić information content (AvgIpc) is 2.53. The second-order valence-corrected chi connectivity index (χ2v) is 8.38. The van der Waals surface area contributed by atoms with E-state index < -0.39 is 11.2 Å². The molecule has 2 aromatic rings. The minimum atomic E-state index is -0.519. The van der Waals surface area contributed by atoms with Crippen LogP contribution >= 0.6 is 0 Å². The average molecular weight is 326 g/mol. The molecule has 0 saturated carbocycles. The first-order chi connectivity index (χ1) is 11.1. The lowest BCUT2D eigenvalue weighted by atomic mass is 9.79. The molecule has 0 aliphatic carbocycles. The summed E-state index contributed by atoms with van der Waals surface area (Å²) in [6, 6.07) is 20.5. The molecule has 0 heterocycles. The van der Waals surface area contributed by atoms with E-state index in [0.29, 0.717) is 0 Å². The maximum atomic E-state index is 6.11. The monoisotopic (exact) mass is 326 g/mol. The summed E-state index contributed by atoms with van der Waals surface area (Å²) in [6.45, 7) is 12.8. The maximum absolute atomic E-state index is 6.11. The normalized spacial score (nSPS) is 15.1. The van der Waals surface area contributed by atoms with Crippen LogP contribution in [0.3, 0.4) is 0 Å². The topological polar surface area (TPSA) is 18.5 Å². The van der Waals surface area contributed by atoms with E-state index in [4.69, 9.17) is 9.78 Å². The second-order valence-electron chi connectivity index (χ2n) is 8.38. The Morgan fingerprint density at radius 1 is 0.625 bits per heavy atom. The molecule has 0 spiro atoms. The van der Waals surface area contributed by atoms with E-state index in [9.17, 15) is 0 Å². The van der Waals surface area contributed by atoms with Crippen LogP contribution in [-0.4, -0.2) is 0 Å². The summed E-state index contributed by atoms with van der Waals surface area (Å²) in [5.74, 6) is 0. The molecule has 1 unspecified atom stereocenters. The Morgan fingerprint density at radius 3 is 1.54 bits per heavy atom. The van der Waals surface area contributed by atoms with Crippen LogP contribution in [-0.2, 0) is 21.0 Å². The second kappa shape index (κ2) is 7.08. The predicted molar refractivity (Wildman–Crippen MR) is 99.5 cm³/mol. The van der Waals surface area contributed by atoms with Crippen LogP contribution in [0.25, 0.3) is 0 Å². The van der Waals surface area contributed by atoms with Gasteiger partial charge in [0.15, 0.2) is 0 Å². The van der Waals surface area contributed by atoms with Gasteiger partial charge in [-0.15, -0.1) is 0 Å². The molecule has 2 rings (SSSR count). The SMILES string of the molecule is CC(C)(C)CC(C)(OOC(C)(C)c1ccccc1)c1ccccc1. The summed E-state index contributed by atoms with van der Waals surface area (Å²) in [5.41, 5.74) is 1.31. The summed E-state index contributed by atoms with van der Waals surface area (Å²) < 4.78 is 0. The van der Waals surface area contributed by atoms with Gasteiger partial charge in [0, 0.05) is 0 Å². The molecule has 0 radical (unpaired) electrons. The molecular formula is C22H30O2. The van der Waals surface area contributed by atoms with Gasteiger partial charge in [-0.05, 0) is 43.7 Å². The number of rotatable bonds is 6. The van der Waals surface area contributed by atoms with Crippen molar-refractivity contribution >= 4 is 0 Å². The van der Waals surface area contributed by atoms with Gasteiger partial charge in [0.1, 0.15) is 11.2 Å². The lowest BCUT2D eigenvalue weighted by Gasteiger charge is -2.37. The third-order valence-electron chi connectivity index (χ3n) is 4.16. The largest absolute Gasteiger partial charge is 0.225 e. The number of hydrogen-bond acceptors (Lipinski definition) is 2. The molecule has 2 aromatic carbocycles. The zero-order valence-electron chi connectivity index (χ0n) is 15.8. The molecule has 0 aliphatic rings. The molecule has 0 saturated heterocycles. The molecule has 1 atom stereocenters. The van der Waals surface area contributed by atoms with Crippen molar-refractivity contribution in [3.8, 4) is 0 Å². The van der Waals surface area contributed by atoms with Gasteiger partial charge >= 0.3 is 0 Å². The highest BCUT2D eigenvalue weighted by atomic mass is 17.2. The van der Waals surface area contributed by atoms with E-state index in [0.717, 1.165) is 17.5 Å². The summed E-state index contributed by atoms with van der Waals surface area (Å²) in [4.78, 5) is 12.1. The van der Waals surface area contributed by atoms with Gasteiger partial charge < -0.3 is 0 Å². The third kappa shape index (κ3) is 4.93. The van der Waals surface area contributed by atoms with Crippen LogP contribution in [0.2, 0.25) is 0 Å². The van der Waals surface area contributed by atoms with Gasteiger partial charge in [0.25, 0.3) is 0 Å². The molecule has 2 nitrogen and oxygen atoms in total. The van der Waals surface area contributed by atoms with Crippen molar-refractivity contribution in [3.63, 3.8) is 0 Å². The number of benzene rings is 2. The van der Waals surface area contributed by atoms with Crippen molar-refractivity contribution in [1.29, 1.82) is 0 Å². The van der Waals surface area contributed by atoms with E-state index in [1.165, 1.54) is 0 Å². The molecule has 0 N–H and O–H groups in total. The van der Waals surface area contributed by atoms with Crippen molar-refractivity contribution in [2.75, 3.05) is 0 Å². The summed E-state index contributed by atoms with van der Waals surface area (Å²) in [6.07, 6.45) is 0.856. The van der Waals surface area contributed by atoms with Gasteiger partial charge in [0.05, 0.1) is 0 Å². The molecule has 24 heavy (non-hydrogen) atoms. The molecule has 0 aliphatic heterocycles. The van der Waals surface area contributed by atoms with Crippen molar-refractivity contribution in [2.24, 2.45) is 5.41 Å². The minimum absolute atomic E-state index is 0.116. The molecule has 130 valence electrons. The zero-order chi connectivity index (χ0) is 17.8. The van der Waals surface area contributed by atoms with Crippen LogP contribution in [0.15, 0.2) is 60.7 Å². The fourth-order valence-electron chi connectivity index (χ4n) is 3.07. The smallest absolute Gasteiger partial charge is 0.126 e. The quantitative estimate of drug-likeness (QED) is 0.463. The Labute approximate surface area is 146 Å². The Kier molecular flexibility index (Phi) is 5.52. The van der Waals surface area contributed by atoms with E-state index in [2.05, 4.69) is 52.0 Å². The molecule has 2 heteroatoms. The highest BCUT2D eigenvalue weighted by molar-refractivity contribution is 5.23. The van der Waals surface area contributed by atoms with E-state index >= 15 is 0 Å². The summed E-state index contributed by atoms with van der Waals surface area (Å²) >= 11 is 0. The Balaban J connectivity index is 2.23. The fraction of sp³-hybridized carbons (Fsp3) is 0.455. The van der Waals surface area contributed by atoms with Gasteiger partial charge in [-0.1, -0.05) is 81.4 Å². The lowest BCUT2D eigenvalue weighted by molar-refractivity contribution is -0.417. The van der Waals surface area contributed by atoms with Crippen LogP contribution in [0.1, 0.15) is 59.1 Å². The van der Waals surface area contributed by atoms with Crippen LogP contribution in [0.4, 0.5) is 0 Å². The van der Waals surface area contributed by atoms with Gasteiger partial charge in [-0.25, -0.2) is 9.78 Å². The standard InChI is InChI=1S/C22H30O2/c1-20(2,3)17-22(6,19-15-11-8-12-16-19)24-23-21(4,5)18-13-9-7-10-14-18/h7-16H,17H2,1-6H3. The molecular weight excluding hydrogens is 296 g/mol. The minimum Gasteiger partial charge on any atom is -0.225 e. The highest BCUT2D eigenvalue weighted by Gasteiger charge is 2.36. The lowest BCUT2D eigenvalue weighted by Crippen LogP contribution is -2.35. The van der Waals surface area contributed by atoms with E-state index in [-0.39, 0.29) is 5.41 Å². The highest BCUT2D eigenvalue weighted by Crippen LogP contribution is 2.39. The Bertz CT molecular complexity index is 626. The zero-order valence-corrected chi connectivity index (χ0v) is 15.8. The van der Waals surface area contributed by atoms with Crippen LogP contribution in [0, 0.1) is 5.41 Å². The Morgan fingerprint density at radius 2 is 1.08 bits per heavy atom. The molecule has 0 aromatic heterocycles. The number of hydrogen-bond donors (Lipinski definition) is 0. The Hall–Kier alpha value is -1.64. The van der Waals surface area contributed by atoms with Crippen molar-refractivity contribution in [1.82, 2.24) is 0 Å². The maximum Gasteiger partial charge on any atom is 0.126 e. The van der Waals surface area contributed by atoms with E-state index in [1.807, 2.05) is 50.2 Å². The van der Waals surface area contributed by atoms with Crippen LogP contribution in [0.5, 0.6) is 0 Å². The molecule has 0 amide bonds. The van der Waals surface area contributed by atoms with Gasteiger partial charge in [-0.2, -0.15) is 0 Å². The first kappa shape index (κ1) is 18.7. The summed E-state index contributed by atoms with van der Waals surface area (Å²) in [7, 11) is 0. The molecule has 0 fully saturated rings. The molecule has 0 bridgehead atoms. The first-order valence-corrected chi connectivity index (χ1v) is 8.60. The van der Waals surface area contributed by atoms with E-state index in [1.54, 1.807) is 0 Å². The van der Waals surface area contributed by atoms with Gasteiger partial charge in [-0.3, -0.25) is 0 Å². The van der Waals surface area contributed by atoms with Crippen LogP contribution < -0.4 is 0 Å². The predicted octanol–water partition coefficient (Wildman–Crippen LogP) is 6.22. The first-order valence-electron chi connectivity index (χ1n) is 8.60.